The van der Waals surface area contributed by atoms with Gasteiger partial charge in [-0.15, -0.1) is 0 Å². The van der Waals surface area contributed by atoms with Gasteiger partial charge in [0.15, 0.2) is 0 Å². The minimum absolute atomic E-state index is 0.357. The first-order valence-corrected chi connectivity index (χ1v) is 4.26. The number of rotatable bonds is 0. The van der Waals surface area contributed by atoms with Crippen LogP contribution in [0.25, 0.3) is 0 Å². The lowest BCUT2D eigenvalue weighted by Gasteiger charge is -2.13. The Balaban J connectivity index is 2.32. The second-order valence-electron chi connectivity index (χ2n) is 2.87. The van der Waals surface area contributed by atoms with E-state index in [9.17, 15) is 0 Å². The molecule has 0 saturated heterocycles. The molecule has 0 aromatic carbocycles. The highest BCUT2D eigenvalue weighted by atomic mass is 32.1. The minimum atomic E-state index is 0.357. The van der Waals surface area contributed by atoms with Gasteiger partial charge in [-0.05, 0) is 12.8 Å². The molecule has 0 spiro atoms. The van der Waals surface area contributed by atoms with Crippen molar-refractivity contribution in [3.63, 3.8) is 0 Å². The van der Waals surface area contributed by atoms with Gasteiger partial charge in [-0.25, -0.2) is 0 Å². The molecule has 0 aromatic rings. The molecule has 1 nitrogen and oxygen atoms in total. The number of hydrogen-bond donors (Lipinski definition) is 2. The van der Waals surface area contributed by atoms with Crippen LogP contribution in [0.1, 0.15) is 32.1 Å². The molecule has 1 fully saturated rings. The van der Waals surface area contributed by atoms with Gasteiger partial charge in [0.2, 0.25) is 0 Å². The summed E-state index contributed by atoms with van der Waals surface area (Å²) in [6, 6.07) is 0.357. The molecular weight excluding hydrogens is 130 g/mol. The zero-order valence-electron chi connectivity index (χ0n) is 5.71. The van der Waals surface area contributed by atoms with Gasteiger partial charge in [0, 0.05) is 11.3 Å². The average Bonchev–Trinajstić information content (AvgIpc) is 1.99. The van der Waals surface area contributed by atoms with E-state index in [-0.39, 0.29) is 0 Å². The van der Waals surface area contributed by atoms with E-state index < -0.39 is 0 Å². The first-order valence-electron chi connectivity index (χ1n) is 3.74. The van der Waals surface area contributed by atoms with E-state index >= 15 is 0 Å². The molecule has 0 bridgehead atoms. The molecule has 2 unspecified atom stereocenters. The summed E-state index contributed by atoms with van der Waals surface area (Å²) in [5.74, 6) is 0. The van der Waals surface area contributed by atoms with Gasteiger partial charge in [0.1, 0.15) is 0 Å². The fourth-order valence-electron chi connectivity index (χ4n) is 1.32. The highest BCUT2D eigenvalue weighted by molar-refractivity contribution is 7.81. The largest absolute Gasteiger partial charge is 0.327 e. The van der Waals surface area contributed by atoms with Gasteiger partial charge < -0.3 is 5.73 Å². The third kappa shape index (κ3) is 2.18. The van der Waals surface area contributed by atoms with Gasteiger partial charge in [-0.2, -0.15) is 12.6 Å². The van der Waals surface area contributed by atoms with Crippen LogP contribution in [-0.4, -0.2) is 11.3 Å². The van der Waals surface area contributed by atoms with Crippen LogP contribution >= 0.6 is 12.6 Å². The summed E-state index contributed by atoms with van der Waals surface area (Å²) in [4.78, 5) is 0. The van der Waals surface area contributed by atoms with Crippen LogP contribution in [-0.2, 0) is 0 Å². The highest BCUT2D eigenvalue weighted by Gasteiger charge is 2.15. The van der Waals surface area contributed by atoms with Crippen LogP contribution in [0.2, 0.25) is 0 Å². The van der Waals surface area contributed by atoms with Gasteiger partial charge in [-0.1, -0.05) is 19.3 Å². The Morgan fingerprint density at radius 1 is 1.11 bits per heavy atom. The zero-order valence-corrected chi connectivity index (χ0v) is 6.61. The van der Waals surface area contributed by atoms with Crippen LogP contribution in [0.4, 0.5) is 0 Å². The van der Waals surface area contributed by atoms with Crippen molar-refractivity contribution >= 4 is 12.6 Å². The molecule has 2 heteroatoms. The van der Waals surface area contributed by atoms with Gasteiger partial charge in [0.05, 0.1) is 0 Å². The lowest BCUT2D eigenvalue weighted by atomic mass is 10.1. The fourth-order valence-corrected chi connectivity index (χ4v) is 1.65. The molecule has 2 atom stereocenters. The van der Waals surface area contributed by atoms with E-state index in [1.54, 1.807) is 0 Å². The lowest BCUT2D eigenvalue weighted by Crippen LogP contribution is -2.29. The molecule has 1 rings (SSSR count). The molecule has 9 heavy (non-hydrogen) atoms. The zero-order chi connectivity index (χ0) is 6.69. The van der Waals surface area contributed by atoms with E-state index in [4.69, 9.17) is 5.73 Å². The molecule has 1 aliphatic rings. The van der Waals surface area contributed by atoms with Crippen molar-refractivity contribution in [1.29, 1.82) is 0 Å². The summed E-state index contributed by atoms with van der Waals surface area (Å²) in [5.41, 5.74) is 5.80. The second-order valence-corrected chi connectivity index (χ2v) is 3.53. The molecule has 0 aromatic heterocycles. The maximum Gasteiger partial charge on any atom is 0.0168 e. The van der Waals surface area contributed by atoms with Gasteiger partial charge in [0.25, 0.3) is 0 Å². The Morgan fingerprint density at radius 2 is 1.78 bits per heavy atom. The van der Waals surface area contributed by atoms with Crippen LogP contribution in [0.15, 0.2) is 0 Å². The monoisotopic (exact) mass is 145 g/mol. The third-order valence-corrected chi connectivity index (χ3v) is 2.67. The second kappa shape index (κ2) is 3.47. The predicted octanol–water partition coefficient (Wildman–Crippen LogP) is 1.58. The molecular formula is C7H15NS. The van der Waals surface area contributed by atoms with E-state index in [1.165, 1.54) is 32.1 Å². The molecule has 0 heterocycles. The van der Waals surface area contributed by atoms with Crippen molar-refractivity contribution in [2.75, 3.05) is 0 Å². The first kappa shape index (κ1) is 7.42. The van der Waals surface area contributed by atoms with E-state index in [1.807, 2.05) is 0 Å². The Kier molecular flexibility index (Phi) is 2.86. The number of hydrogen-bond acceptors (Lipinski definition) is 2. The smallest absolute Gasteiger partial charge is 0.0168 e. The maximum atomic E-state index is 5.80. The first-order chi connectivity index (χ1) is 4.30. The Hall–Kier alpha value is 0.310. The standard InChI is InChI=1S/C7H15NS/c8-6-4-2-1-3-5-7(6)9/h6-7,9H,1-5,8H2. The molecule has 1 saturated carbocycles. The summed E-state index contributed by atoms with van der Waals surface area (Å²) in [6.45, 7) is 0. The summed E-state index contributed by atoms with van der Waals surface area (Å²) in [6.07, 6.45) is 6.36. The van der Waals surface area contributed by atoms with Gasteiger partial charge >= 0.3 is 0 Å². The van der Waals surface area contributed by atoms with E-state index in [0.29, 0.717) is 11.3 Å². The SMILES string of the molecule is NC1CCCCCC1S. The van der Waals surface area contributed by atoms with Crippen LogP contribution in [0, 0.1) is 0 Å². The summed E-state index contributed by atoms with van der Waals surface area (Å²) < 4.78 is 0. The minimum Gasteiger partial charge on any atom is -0.327 e. The summed E-state index contributed by atoms with van der Waals surface area (Å²) in [5, 5.41) is 0.465. The van der Waals surface area contributed by atoms with E-state index in [0.717, 1.165) is 0 Å². The molecule has 0 aliphatic heterocycles. The predicted molar refractivity (Wildman–Crippen MR) is 43.8 cm³/mol. The maximum absolute atomic E-state index is 5.80. The van der Waals surface area contributed by atoms with Crippen molar-refractivity contribution in [1.82, 2.24) is 0 Å². The highest BCUT2D eigenvalue weighted by Crippen LogP contribution is 2.19. The lowest BCUT2D eigenvalue weighted by molar-refractivity contribution is 0.599. The Bertz CT molecular complexity index is 75.0. The fraction of sp³-hybridized carbons (Fsp3) is 1.00. The van der Waals surface area contributed by atoms with Crippen molar-refractivity contribution in [2.24, 2.45) is 5.73 Å². The quantitative estimate of drug-likeness (QED) is 0.393. The summed E-state index contributed by atoms with van der Waals surface area (Å²) in [7, 11) is 0. The van der Waals surface area contributed by atoms with E-state index in [2.05, 4.69) is 12.6 Å². The number of thiol groups is 1. The third-order valence-electron chi connectivity index (χ3n) is 2.03. The molecule has 0 amide bonds. The van der Waals surface area contributed by atoms with Crippen LogP contribution in [0.5, 0.6) is 0 Å². The van der Waals surface area contributed by atoms with Crippen molar-refractivity contribution < 1.29 is 0 Å². The molecule has 1 aliphatic carbocycles. The van der Waals surface area contributed by atoms with Crippen LogP contribution in [0.3, 0.4) is 0 Å². The Morgan fingerprint density at radius 3 is 2.56 bits per heavy atom. The number of nitrogens with two attached hydrogens (primary N) is 1. The molecule has 2 N–H and O–H groups in total. The normalized spacial score (nSPS) is 38.0. The average molecular weight is 145 g/mol. The molecule has 54 valence electrons. The van der Waals surface area contributed by atoms with Crippen molar-refractivity contribution in [3.05, 3.63) is 0 Å². The van der Waals surface area contributed by atoms with Crippen molar-refractivity contribution in [3.8, 4) is 0 Å². The van der Waals surface area contributed by atoms with Gasteiger partial charge in [-0.3, -0.25) is 0 Å². The van der Waals surface area contributed by atoms with Crippen molar-refractivity contribution in [2.45, 2.75) is 43.4 Å². The Labute approximate surface area is 62.4 Å². The summed E-state index contributed by atoms with van der Waals surface area (Å²) >= 11 is 4.40. The van der Waals surface area contributed by atoms with Crippen LogP contribution < -0.4 is 5.73 Å². The topological polar surface area (TPSA) is 26.0 Å². The molecule has 0 radical (unpaired) electrons.